The minimum Gasteiger partial charge on any atom is -0.465 e. The third-order valence-corrected chi connectivity index (χ3v) is 4.09. The van der Waals surface area contributed by atoms with Crippen LogP contribution in [0.2, 0.25) is 0 Å². The molecule has 2 N–H and O–H groups in total. The number of thioether (sulfide) groups is 1. The fourth-order valence-electron chi connectivity index (χ4n) is 1.56. The summed E-state index contributed by atoms with van der Waals surface area (Å²) in [5.41, 5.74) is -2.38. The average Bonchev–Trinajstić information content (AvgIpc) is 2.44. The van der Waals surface area contributed by atoms with E-state index < -0.39 is 16.7 Å². The van der Waals surface area contributed by atoms with Crippen molar-refractivity contribution in [3.8, 4) is 0 Å². The Morgan fingerprint density at radius 3 is 2.76 bits per heavy atom. The predicted molar refractivity (Wildman–Crippen MR) is 79.5 cm³/mol. The van der Waals surface area contributed by atoms with Crippen molar-refractivity contribution in [2.75, 3.05) is 19.4 Å². The van der Waals surface area contributed by atoms with Crippen LogP contribution in [0.3, 0.4) is 0 Å². The minimum atomic E-state index is -0.822. The van der Waals surface area contributed by atoms with E-state index in [2.05, 4.69) is 15.4 Å². The molecule has 0 aliphatic rings. The smallest absolute Gasteiger partial charge is 0.339 e. The normalized spacial score (nSPS) is 13.7. The Bertz CT molecular complexity index is 612. The largest absolute Gasteiger partial charge is 0.465 e. The first-order chi connectivity index (χ1) is 9.84. The number of rotatable bonds is 7. The zero-order chi connectivity index (χ0) is 16.0. The Labute approximate surface area is 126 Å². The Balaban J connectivity index is 2.72. The maximum Gasteiger partial charge on any atom is 0.339 e. The van der Waals surface area contributed by atoms with Crippen LogP contribution in [0, 0.1) is 0 Å². The van der Waals surface area contributed by atoms with Gasteiger partial charge in [0.15, 0.2) is 5.16 Å². The number of likely N-dealkylation sites (N-methyl/N-ethyl adjacent to an activating group) is 1. The molecule has 1 aromatic rings. The summed E-state index contributed by atoms with van der Waals surface area (Å²) in [5, 5.41) is 5.71. The molecular formula is C12H20N4O4S. The van der Waals surface area contributed by atoms with Crippen LogP contribution < -0.4 is 16.4 Å². The summed E-state index contributed by atoms with van der Waals surface area (Å²) in [6.07, 6.45) is 0.488. The highest BCUT2D eigenvalue weighted by Gasteiger charge is 2.32. The zero-order valence-corrected chi connectivity index (χ0v) is 13.4. The van der Waals surface area contributed by atoms with Gasteiger partial charge in [0, 0.05) is 12.8 Å². The second-order valence-electron chi connectivity index (χ2n) is 4.60. The number of nitrogens with zero attached hydrogens (tertiary/aromatic N) is 2. The zero-order valence-electron chi connectivity index (χ0n) is 12.6. The molecule has 21 heavy (non-hydrogen) atoms. The Hall–Kier alpha value is -1.61. The molecule has 0 saturated heterocycles. The molecule has 0 aliphatic carbocycles. The third-order valence-electron chi connectivity index (χ3n) is 3.06. The van der Waals surface area contributed by atoms with Gasteiger partial charge in [0.1, 0.15) is 5.54 Å². The molecule has 1 atom stereocenters. The molecule has 0 spiro atoms. The average molecular weight is 316 g/mol. The van der Waals surface area contributed by atoms with Crippen molar-refractivity contribution in [2.45, 2.75) is 31.0 Å². The van der Waals surface area contributed by atoms with Crippen molar-refractivity contribution in [1.82, 2.24) is 20.1 Å². The van der Waals surface area contributed by atoms with Gasteiger partial charge in [-0.2, -0.15) is 4.98 Å². The molecule has 0 radical (unpaired) electrons. The summed E-state index contributed by atoms with van der Waals surface area (Å²) < 4.78 is 6.41. The maximum atomic E-state index is 11.9. The predicted octanol–water partition coefficient (Wildman–Crippen LogP) is -0.508. The molecule has 0 aliphatic heterocycles. The maximum absolute atomic E-state index is 11.9. The van der Waals surface area contributed by atoms with Crippen LogP contribution in [-0.2, 0) is 16.6 Å². The van der Waals surface area contributed by atoms with Crippen molar-refractivity contribution in [3.05, 3.63) is 20.7 Å². The molecule has 118 valence electrons. The third kappa shape index (κ3) is 4.43. The minimum absolute atomic E-state index is 0.319. The van der Waals surface area contributed by atoms with Crippen molar-refractivity contribution in [1.29, 1.82) is 0 Å². The lowest BCUT2D eigenvalue weighted by atomic mass is 10.00. The van der Waals surface area contributed by atoms with E-state index in [1.54, 1.807) is 27.9 Å². The molecule has 8 nitrogen and oxygen atoms in total. The van der Waals surface area contributed by atoms with Gasteiger partial charge < -0.3 is 10.1 Å². The fourth-order valence-corrected chi connectivity index (χ4v) is 2.64. The Morgan fingerprint density at radius 2 is 2.19 bits per heavy atom. The number of hydrogen-bond donors (Lipinski definition) is 2. The first-order valence-electron chi connectivity index (χ1n) is 6.50. The van der Waals surface area contributed by atoms with E-state index in [-0.39, 0.29) is 5.97 Å². The molecule has 1 aromatic heterocycles. The van der Waals surface area contributed by atoms with E-state index in [1.165, 1.54) is 16.4 Å². The fraction of sp³-hybridized carbons (Fsp3) is 0.667. The van der Waals surface area contributed by atoms with Crippen LogP contribution in [0.5, 0.6) is 0 Å². The first-order valence-corrected chi connectivity index (χ1v) is 7.49. The van der Waals surface area contributed by atoms with Crippen molar-refractivity contribution in [2.24, 2.45) is 7.05 Å². The van der Waals surface area contributed by atoms with Crippen LogP contribution >= 0.6 is 11.8 Å². The summed E-state index contributed by atoms with van der Waals surface area (Å²) >= 11 is 1.28. The number of aromatic amines is 1. The highest BCUT2D eigenvalue weighted by molar-refractivity contribution is 7.99. The second-order valence-corrected chi connectivity index (χ2v) is 5.66. The van der Waals surface area contributed by atoms with E-state index in [1.807, 2.05) is 0 Å². The van der Waals surface area contributed by atoms with Gasteiger partial charge in [-0.05, 0) is 27.3 Å². The van der Waals surface area contributed by atoms with E-state index in [0.29, 0.717) is 23.9 Å². The van der Waals surface area contributed by atoms with E-state index in [9.17, 15) is 14.4 Å². The molecule has 0 bridgehead atoms. The number of carbonyl (C=O) groups excluding carboxylic acids is 1. The van der Waals surface area contributed by atoms with Crippen LogP contribution in [0.15, 0.2) is 14.7 Å². The van der Waals surface area contributed by atoms with Gasteiger partial charge in [-0.15, -0.1) is 0 Å². The Kier molecular flexibility index (Phi) is 6.16. The van der Waals surface area contributed by atoms with Gasteiger partial charge in [-0.1, -0.05) is 11.8 Å². The van der Waals surface area contributed by atoms with Gasteiger partial charge in [0.05, 0.1) is 6.61 Å². The van der Waals surface area contributed by atoms with Gasteiger partial charge >= 0.3 is 17.1 Å². The quantitative estimate of drug-likeness (QED) is 0.396. The summed E-state index contributed by atoms with van der Waals surface area (Å²) in [6, 6.07) is 0. The van der Waals surface area contributed by atoms with Crippen LogP contribution in [-0.4, -0.2) is 45.7 Å². The van der Waals surface area contributed by atoms with Gasteiger partial charge in [-0.25, -0.2) is 0 Å². The van der Waals surface area contributed by atoms with Gasteiger partial charge in [0.2, 0.25) is 0 Å². The number of ether oxygens (including phenoxy) is 1. The van der Waals surface area contributed by atoms with Crippen molar-refractivity contribution in [3.63, 3.8) is 0 Å². The topological polar surface area (TPSA) is 106 Å². The number of aryl methyl sites for hydroxylation is 1. The number of esters is 1. The summed E-state index contributed by atoms with van der Waals surface area (Å²) in [7, 11) is 3.29. The van der Waals surface area contributed by atoms with Crippen LogP contribution in [0.1, 0.15) is 20.3 Å². The molecule has 1 heterocycles. The molecule has 9 heteroatoms. The van der Waals surface area contributed by atoms with Crippen LogP contribution in [0.25, 0.3) is 0 Å². The van der Waals surface area contributed by atoms with Gasteiger partial charge in [-0.3, -0.25) is 24.2 Å². The standard InChI is InChI=1S/C12H20N4O4S/c1-5-20-10(19)12(2,13-3)6-7-21-11-14-8(17)9(18)15-16(11)4/h13H,5-7H2,1-4H3,(H,15,18). The molecular weight excluding hydrogens is 296 g/mol. The number of carbonyl (C=O) groups is 1. The van der Waals surface area contributed by atoms with Crippen molar-refractivity contribution < 1.29 is 9.53 Å². The number of nitrogens with one attached hydrogen (secondary N) is 2. The second kappa shape index (κ2) is 7.41. The number of H-pyrrole nitrogens is 1. The lowest BCUT2D eigenvalue weighted by Crippen LogP contribution is -2.49. The SMILES string of the molecule is CCOC(=O)C(C)(CCSc1nc(=O)c(=O)[nH]n1C)NC. The lowest BCUT2D eigenvalue weighted by molar-refractivity contribution is -0.150. The molecule has 0 saturated carbocycles. The number of aromatic nitrogens is 3. The van der Waals surface area contributed by atoms with Crippen LogP contribution in [0.4, 0.5) is 0 Å². The van der Waals surface area contributed by atoms with Crippen molar-refractivity contribution >= 4 is 17.7 Å². The highest BCUT2D eigenvalue weighted by Crippen LogP contribution is 2.19. The summed E-state index contributed by atoms with van der Waals surface area (Å²) in [4.78, 5) is 37.9. The Morgan fingerprint density at radius 1 is 1.52 bits per heavy atom. The first kappa shape index (κ1) is 17.4. The molecule has 1 rings (SSSR count). The van der Waals surface area contributed by atoms with Gasteiger partial charge in [0.25, 0.3) is 0 Å². The highest BCUT2D eigenvalue weighted by atomic mass is 32.2. The number of hydrogen-bond acceptors (Lipinski definition) is 7. The van der Waals surface area contributed by atoms with E-state index >= 15 is 0 Å². The van der Waals surface area contributed by atoms with E-state index in [0.717, 1.165) is 0 Å². The summed E-state index contributed by atoms with van der Waals surface area (Å²) in [6.45, 7) is 3.83. The van der Waals surface area contributed by atoms with E-state index in [4.69, 9.17) is 4.74 Å². The molecule has 0 aromatic carbocycles. The monoisotopic (exact) mass is 316 g/mol. The molecule has 0 amide bonds. The summed E-state index contributed by atoms with van der Waals surface area (Å²) in [5.74, 6) is 0.207. The lowest BCUT2D eigenvalue weighted by Gasteiger charge is -2.26. The molecule has 1 unspecified atom stereocenters. The molecule has 0 fully saturated rings.